The van der Waals surface area contributed by atoms with Crippen molar-refractivity contribution >= 4 is 21.4 Å². The highest BCUT2D eigenvalue weighted by Crippen LogP contribution is 2.11. The second-order valence-electron chi connectivity index (χ2n) is 5.14. The molecule has 0 spiro atoms. The van der Waals surface area contributed by atoms with Crippen molar-refractivity contribution in [1.82, 2.24) is 0 Å². The Balaban J connectivity index is 2.40. The van der Waals surface area contributed by atoms with E-state index in [9.17, 15) is 13.2 Å². The summed E-state index contributed by atoms with van der Waals surface area (Å²) >= 11 is 0. The fourth-order valence-electron chi connectivity index (χ4n) is 1.84. The van der Waals surface area contributed by atoms with E-state index in [-0.39, 0.29) is 23.3 Å². The molecule has 0 aliphatic rings. The molecule has 1 aromatic carbocycles. The van der Waals surface area contributed by atoms with Gasteiger partial charge in [-0.3, -0.25) is 4.79 Å². The van der Waals surface area contributed by atoms with E-state index in [4.69, 9.17) is 5.73 Å². The maximum Gasteiger partial charge on any atom is 0.224 e. The molecular formula is C15H24N2O3S. The number of amides is 1. The molecule has 1 atom stereocenters. The third kappa shape index (κ3) is 5.85. The Bertz CT molecular complexity index is 553. The molecule has 0 radical (unpaired) electrons. The maximum absolute atomic E-state index is 11.8. The van der Waals surface area contributed by atoms with E-state index in [2.05, 4.69) is 5.32 Å². The second kappa shape index (κ2) is 8.14. The van der Waals surface area contributed by atoms with E-state index in [0.717, 1.165) is 5.56 Å². The van der Waals surface area contributed by atoms with Gasteiger partial charge in [0.05, 0.1) is 11.0 Å². The number of nitrogens with one attached hydrogen (secondary N) is 1. The monoisotopic (exact) mass is 312 g/mol. The predicted octanol–water partition coefficient (Wildman–Crippen LogP) is 2.08. The number of sulfone groups is 1. The molecule has 3 N–H and O–H groups in total. The Morgan fingerprint density at radius 1 is 1.29 bits per heavy atom. The van der Waals surface area contributed by atoms with Crippen LogP contribution in [-0.2, 0) is 21.2 Å². The minimum Gasteiger partial charge on any atom is -0.326 e. The largest absolute Gasteiger partial charge is 0.326 e. The molecule has 0 fully saturated rings. The van der Waals surface area contributed by atoms with Crippen molar-refractivity contribution in [2.45, 2.75) is 44.9 Å². The van der Waals surface area contributed by atoms with Crippen LogP contribution in [0.5, 0.6) is 0 Å². The van der Waals surface area contributed by atoms with Gasteiger partial charge >= 0.3 is 0 Å². The summed E-state index contributed by atoms with van der Waals surface area (Å²) in [5.41, 5.74) is 7.19. The molecule has 1 unspecified atom stereocenters. The van der Waals surface area contributed by atoms with Gasteiger partial charge in [-0.15, -0.1) is 0 Å². The van der Waals surface area contributed by atoms with Gasteiger partial charge in [0.25, 0.3) is 0 Å². The number of anilines is 1. The highest BCUT2D eigenvalue weighted by Gasteiger charge is 2.18. The fourth-order valence-corrected chi connectivity index (χ4v) is 3.29. The van der Waals surface area contributed by atoms with Crippen LogP contribution in [0.1, 0.15) is 38.7 Å². The maximum atomic E-state index is 11.8. The molecule has 118 valence electrons. The lowest BCUT2D eigenvalue weighted by atomic mass is 10.2. The highest BCUT2D eigenvalue weighted by molar-refractivity contribution is 7.91. The Morgan fingerprint density at radius 3 is 2.43 bits per heavy atom. The molecule has 0 saturated heterocycles. The first kappa shape index (κ1) is 17.7. The topological polar surface area (TPSA) is 89.3 Å². The zero-order valence-corrected chi connectivity index (χ0v) is 13.4. The van der Waals surface area contributed by atoms with Crippen LogP contribution in [0, 0.1) is 0 Å². The van der Waals surface area contributed by atoms with Gasteiger partial charge < -0.3 is 11.1 Å². The van der Waals surface area contributed by atoms with Gasteiger partial charge in [0.2, 0.25) is 5.91 Å². The van der Waals surface area contributed by atoms with Gasteiger partial charge in [0, 0.05) is 18.7 Å². The van der Waals surface area contributed by atoms with E-state index in [1.165, 1.54) is 0 Å². The Kier molecular flexibility index (Phi) is 6.84. The molecule has 6 heteroatoms. The molecule has 1 rings (SSSR count). The molecule has 5 nitrogen and oxygen atoms in total. The highest BCUT2D eigenvalue weighted by atomic mass is 32.2. The summed E-state index contributed by atoms with van der Waals surface area (Å²) in [7, 11) is -3.08. The molecule has 0 aromatic heterocycles. The van der Waals surface area contributed by atoms with Gasteiger partial charge in [0.15, 0.2) is 9.84 Å². The van der Waals surface area contributed by atoms with Crippen molar-refractivity contribution in [3.8, 4) is 0 Å². The summed E-state index contributed by atoms with van der Waals surface area (Å²) in [4.78, 5) is 11.8. The van der Waals surface area contributed by atoms with Crippen molar-refractivity contribution < 1.29 is 13.2 Å². The van der Waals surface area contributed by atoms with Crippen molar-refractivity contribution in [2.24, 2.45) is 5.73 Å². The van der Waals surface area contributed by atoms with Crippen LogP contribution >= 0.6 is 0 Å². The number of carbonyl (C=O) groups excluding carboxylic acids is 1. The van der Waals surface area contributed by atoms with Crippen molar-refractivity contribution in [2.75, 3.05) is 11.1 Å². The first-order chi connectivity index (χ1) is 9.89. The molecule has 21 heavy (non-hydrogen) atoms. The molecule has 0 bridgehead atoms. The van der Waals surface area contributed by atoms with Crippen molar-refractivity contribution in [1.29, 1.82) is 0 Å². The summed E-state index contributed by atoms with van der Waals surface area (Å²) in [6.07, 6.45) is 1.15. The minimum atomic E-state index is -3.08. The van der Waals surface area contributed by atoms with Crippen LogP contribution in [0.2, 0.25) is 0 Å². The van der Waals surface area contributed by atoms with Crippen LogP contribution in [0.15, 0.2) is 24.3 Å². The van der Waals surface area contributed by atoms with E-state index in [1.807, 2.05) is 19.1 Å². The Morgan fingerprint density at radius 2 is 1.90 bits per heavy atom. The van der Waals surface area contributed by atoms with Crippen molar-refractivity contribution in [3.63, 3.8) is 0 Å². The lowest BCUT2D eigenvalue weighted by Gasteiger charge is -2.10. The predicted molar refractivity (Wildman–Crippen MR) is 85.7 cm³/mol. The number of benzene rings is 1. The number of hydrogen-bond acceptors (Lipinski definition) is 4. The Hall–Kier alpha value is -1.40. The van der Waals surface area contributed by atoms with Crippen LogP contribution in [0.4, 0.5) is 5.69 Å². The lowest BCUT2D eigenvalue weighted by Crippen LogP contribution is -2.21. The summed E-state index contributed by atoms with van der Waals surface area (Å²) < 4.78 is 23.7. The number of rotatable bonds is 8. The third-order valence-electron chi connectivity index (χ3n) is 3.49. The lowest BCUT2D eigenvalue weighted by molar-refractivity contribution is -0.116. The van der Waals surface area contributed by atoms with E-state index >= 15 is 0 Å². The first-order valence-electron chi connectivity index (χ1n) is 7.19. The van der Waals surface area contributed by atoms with Crippen LogP contribution in [0.3, 0.4) is 0 Å². The normalized spacial score (nSPS) is 12.9. The molecule has 0 saturated carbocycles. The summed E-state index contributed by atoms with van der Waals surface area (Å²) in [6.45, 7) is 4.01. The second-order valence-corrected chi connectivity index (χ2v) is 7.68. The fraction of sp³-hybridized carbons (Fsp3) is 0.533. The van der Waals surface area contributed by atoms with Crippen LogP contribution < -0.4 is 11.1 Å². The number of hydrogen-bond donors (Lipinski definition) is 2. The zero-order chi connectivity index (χ0) is 15.9. The first-order valence-corrected chi connectivity index (χ1v) is 8.91. The quantitative estimate of drug-likeness (QED) is 0.769. The van der Waals surface area contributed by atoms with Crippen molar-refractivity contribution in [3.05, 3.63) is 29.8 Å². The summed E-state index contributed by atoms with van der Waals surface area (Å²) in [5, 5.41) is 2.40. The number of nitrogens with two attached hydrogens (primary N) is 1. The molecule has 1 aromatic rings. The van der Waals surface area contributed by atoms with E-state index < -0.39 is 9.84 Å². The molecule has 0 aliphatic carbocycles. The van der Waals surface area contributed by atoms with Crippen LogP contribution in [-0.4, -0.2) is 25.3 Å². The zero-order valence-electron chi connectivity index (χ0n) is 12.6. The standard InChI is InChI=1S/C15H24N2O3S/c1-3-12(2)21(19,20)10-4-5-15(18)17-14-8-6-13(11-16)7-9-14/h6-9,12H,3-5,10-11,16H2,1-2H3,(H,17,18). The van der Waals surface area contributed by atoms with Gasteiger partial charge in [-0.2, -0.15) is 0 Å². The van der Waals surface area contributed by atoms with Gasteiger partial charge in [-0.25, -0.2) is 8.42 Å². The Labute approximate surface area is 126 Å². The van der Waals surface area contributed by atoms with Gasteiger partial charge in [-0.1, -0.05) is 19.1 Å². The SMILES string of the molecule is CCC(C)S(=O)(=O)CCCC(=O)Nc1ccc(CN)cc1. The average Bonchev–Trinajstić information content (AvgIpc) is 2.46. The van der Waals surface area contributed by atoms with E-state index in [0.29, 0.717) is 25.1 Å². The molecular weight excluding hydrogens is 288 g/mol. The summed E-state index contributed by atoms with van der Waals surface area (Å²) in [6, 6.07) is 7.28. The van der Waals surface area contributed by atoms with E-state index in [1.54, 1.807) is 19.1 Å². The molecule has 0 heterocycles. The molecule has 1 amide bonds. The smallest absolute Gasteiger partial charge is 0.224 e. The van der Waals surface area contributed by atoms with Gasteiger partial charge in [-0.05, 0) is 37.5 Å². The number of carbonyl (C=O) groups is 1. The van der Waals surface area contributed by atoms with Gasteiger partial charge in [0.1, 0.15) is 0 Å². The average molecular weight is 312 g/mol. The summed E-state index contributed by atoms with van der Waals surface area (Å²) in [5.74, 6) is -0.114. The third-order valence-corrected chi connectivity index (χ3v) is 5.91. The minimum absolute atomic E-state index is 0.0571. The van der Waals surface area contributed by atoms with Crippen LogP contribution in [0.25, 0.3) is 0 Å². The molecule has 0 aliphatic heterocycles.